The normalized spacial score (nSPS) is 12.2. The fraction of sp³-hybridized carbons (Fsp3) is 0.143. The number of benzene rings is 3. The number of carbonyl (C=O) groups is 1. The molecule has 0 fully saturated rings. The summed E-state index contributed by atoms with van der Waals surface area (Å²) in [5, 5.41) is 14.8. The van der Waals surface area contributed by atoms with Gasteiger partial charge in [-0.1, -0.05) is 18.2 Å². The quantitative estimate of drug-likeness (QED) is 0.240. The van der Waals surface area contributed by atoms with Crippen LogP contribution < -0.4 is 19.8 Å². The second-order valence-corrected chi connectivity index (χ2v) is 9.27. The zero-order valence-corrected chi connectivity index (χ0v) is 22.6. The molecule has 5 aromatic rings. The summed E-state index contributed by atoms with van der Waals surface area (Å²) in [4.78, 5) is 29.5. The minimum Gasteiger partial charge on any atom is -0.496 e. The molecule has 198 valence electrons. The molecule has 0 amide bonds. The van der Waals surface area contributed by atoms with Crippen molar-refractivity contribution >= 4 is 50.0 Å². The number of fused-ring (bicyclic) bond motifs is 2. The molecule has 0 saturated heterocycles. The number of carboxylic acids is 1. The Morgan fingerprint density at radius 1 is 1.05 bits per heavy atom. The van der Waals surface area contributed by atoms with Gasteiger partial charge in [0.15, 0.2) is 23.4 Å². The molecule has 0 radical (unpaired) electrons. The first-order valence-corrected chi connectivity index (χ1v) is 12.5. The van der Waals surface area contributed by atoms with Crippen LogP contribution in [-0.2, 0) is 4.79 Å². The number of halogens is 1. The number of para-hydroxylation sites is 1. The molecular weight excluding hydrogens is 570 g/mol. The fourth-order valence-corrected chi connectivity index (χ4v) is 4.40. The van der Waals surface area contributed by atoms with Gasteiger partial charge in [-0.05, 0) is 65.3 Å². The molecule has 0 aliphatic heterocycles. The summed E-state index contributed by atoms with van der Waals surface area (Å²) < 4.78 is 24.1. The number of furan rings is 1. The number of aromatic nitrogens is 2. The average Bonchev–Trinajstić information content (AvgIpc) is 3.37. The van der Waals surface area contributed by atoms with Crippen LogP contribution in [0, 0.1) is 0 Å². The van der Waals surface area contributed by atoms with E-state index >= 15 is 0 Å². The summed E-state index contributed by atoms with van der Waals surface area (Å²) >= 11 is 3.46. The average molecular weight is 592 g/mol. The highest BCUT2D eigenvalue weighted by Gasteiger charge is 2.19. The third-order valence-electron chi connectivity index (χ3n) is 5.96. The number of methoxy groups -OCH3 is 2. The molecule has 0 bridgehead atoms. The van der Waals surface area contributed by atoms with Gasteiger partial charge < -0.3 is 23.7 Å². The summed E-state index contributed by atoms with van der Waals surface area (Å²) in [6.45, 7) is 1.42. The number of hydrogen-bond donors (Lipinski definition) is 1. The van der Waals surface area contributed by atoms with Crippen LogP contribution in [0.15, 0.2) is 79.4 Å². The molecule has 11 heteroatoms. The highest BCUT2D eigenvalue weighted by molar-refractivity contribution is 9.10. The van der Waals surface area contributed by atoms with Crippen molar-refractivity contribution in [3.05, 3.63) is 81.1 Å². The molecule has 0 unspecified atom stereocenters. The van der Waals surface area contributed by atoms with E-state index in [1.807, 2.05) is 12.1 Å². The van der Waals surface area contributed by atoms with Gasteiger partial charge >= 0.3 is 5.97 Å². The Hall–Kier alpha value is -4.64. The van der Waals surface area contributed by atoms with Crippen LogP contribution >= 0.6 is 15.9 Å². The first kappa shape index (κ1) is 26.0. The topological polar surface area (TPSA) is 125 Å². The maximum Gasteiger partial charge on any atom is 0.344 e. The molecule has 10 nitrogen and oxygen atoms in total. The lowest BCUT2D eigenvalue weighted by Gasteiger charge is -2.15. The molecule has 0 aliphatic carbocycles. The molecule has 39 heavy (non-hydrogen) atoms. The lowest BCUT2D eigenvalue weighted by atomic mass is 10.2. The van der Waals surface area contributed by atoms with Crippen LogP contribution in [0.2, 0.25) is 0 Å². The molecule has 5 rings (SSSR count). The van der Waals surface area contributed by atoms with Gasteiger partial charge in [0.2, 0.25) is 5.82 Å². The molecule has 0 spiro atoms. The van der Waals surface area contributed by atoms with Crippen LogP contribution in [0.25, 0.3) is 33.5 Å². The summed E-state index contributed by atoms with van der Waals surface area (Å²) in [6.07, 6.45) is 0.374. The maximum atomic E-state index is 13.6. The first-order valence-electron chi connectivity index (χ1n) is 11.7. The zero-order valence-electron chi connectivity index (χ0n) is 21.0. The number of nitrogens with zero attached hydrogens (tertiary/aromatic N) is 3. The highest BCUT2D eigenvalue weighted by Crippen LogP contribution is 2.35. The predicted molar refractivity (Wildman–Crippen MR) is 149 cm³/mol. The van der Waals surface area contributed by atoms with E-state index in [0.29, 0.717) is 43.8 Å². The van der Waals surface area contributed by atoms with Gasteiger partial charge in [0.25, 0.3) is 5.56 Å². The minimum absolute atomic E-state index is 0.200. The van der Waals surface area contributed by atoms with E-state index in [4.69, 9.17) is 23.6 Å². The molecule has 2 aromatic heterocycles. The molecule has 1 atom stereocenters. The van der Waals surface area contributed by atoms with E-state index < -0.39 is 17.6 Å². The Kier molecular flexibility index (Phi) is 7.07. The van der Waals surface area contributed by atoms with E-state index in [9.17, 15) is 14.7 Å². The van der Waals surface area contributed by atoms with Crippen molar-refractivity contribution in [2.75, 3.05) is 14.2 Å². The third kappa shape index (κ3) is 4.96. The van der Waals surface area contributed by atoms with Crippen LogP contribution in [0.1, 0.15) is 12.5 Å². The van der Waals surface area contributed by atoms with Crippen molar-refractivity contribution in [2.24, 2.45) is 5.10 Å². The van der Waals surface area contributed by atoms with Crippen molar-refractivity contribution in [3.63, 3.8) is 0 Å². The minimum atomic E-state index is -1.11. The molecule has 1 N–H and O–H groups in total. The third-order valence-corrected chi connectivity index (χ3v) is 6.65. The van der Waals surface area contributed by atoms with Gasteiger partial charge in [-0.3, -0.25) is 4.79 Å². The largest absolute Gasteiger partial charge is 0.496 e. The number of carboxylic acid groups (broad SMARTS) is 1. The summed E-state index contributed by atoms with van der Waals surface area (Å²) in [5.74, 6) is 0.567. The molecule has 0 aliphatic rings. The maximum absolute atomic E-state index is 13.6. The SMILES string of the molecule is COc1cc(C=Nn2c(-c3cc4c(OC)cccc4o3)nc3ccccc3c2=O)c(Br)cc1O[C@H](C)C(=O)O. The van der Waals surface area contributed by atoms with E-state index in [1.54, 1.807) is 55.6 Å². The Labute approximate surface area is 230 Å². The first-order chi connectivity index (χ1) is 18.8. The second kappa shape index (κ2) is 10.6. The number of ether oxygens (including phenoxy) is 3. The van der Waals surface area contributed by atoms with Crippen LogP contribution in [-0.4, -0.2) is 47.3 Å². The van der Waals surface area contributed by atoms with Crippen molar-refractivity contribution in [1.82, 2.24) is 9.66 Å². The Bertz CT molecular complexity index is 1810. The standard InChI is InChI=1S/C28H22BrN3O7/c1-15(28(34)35)38-24-13-19(29)16(11-23(24)37-3)14-30-32-26(31-20-8-5-4-7-17(20)27(32)33)25-12-18-21(36-2)9-6-10-22(18)39-25/h4-15H,1-3H3,(H,34,35)/t15-/m1/s1. The van der Waals surface area contributed by atoms with Gasteiger partial charge in [-0.25, -0.2) is 9.78 Å². The summed E-state index contributed by atoms with van der Waals surface area (Å²) in [6, 6.07) is 17.3. The van der Waals surface area contributed by atoms with Crippen LogP contribution in [0.3, 0.4) is 0 Å². The smallest absolute Gasteiger partial charge is 0.344 e. The predicted octanol–water partition coefficient (Wildman–Crippen LogP) is 5.32. The van der Waals surface area contributed by atoms with Crippen molar-refractivity contribution in [3.8, 4) is 28.8 Å². The van der Waals surface area contributed by atoms with Crippen molar-refractivity contribution < 1.29 is 28.5 Å². The molecule has 2 heterocycles. The lowest BCUT2D eigenvalue weighted by molar-refractivity contribution is -0.144. The Morgan fingerprint density at radius 3 is 2.56 bits per heavy atom. The van der Waals surface area contributed by atoms with E-state index in [-0.39, 0.29) is 11.6 Å². The van der Waals surface area contributed by atoms with E-state index in [1.165, 1.54) is 24.9 Å². The van der Waals surface area contributed by atoms with Gasteiger partial charge in [0.05, 0.1) is 36.7 Å². The molecule has 3 aromatic carbocycles. The second-order valence-electron chi connectivity index (χ2n) is 8.42. The van der Waals surface area contributed by atoms with Crippen molar-refractivity contribution in [1.29, 1.82) is 0 Å². The van der Waals surface area contributed by atoms with Gasteiger partial charge in [-0.15, -0.1) is 0 Å². The fourth-order valence-electron chi connectivity index (χ4n) is 3.97. The Balaban J connectivity index is 1.65. The number of rotatable bonds is 8. The summed E-state index contributed by atoms with van der Waals surface area (Å²) in [5.41, 5.74) is 1.21. The van der Waals surface area contributed by atoms with Gasteiger partial charge in [0.1, 0.15) is 11.3 Å². The van der Waals surface area contributed by atoms with Crippen molar-refractivity contribution in [2.45, 2.75) is 13.0 Å². The molecule has 0 saturated carbocycles. The van der Waals surface area contributed by atoms with Crippen LogP contribution in [0.4, 0.5) is 0 Å². The van der Waals surface area contributed by atoms with E-state index in [0.717, 1.165) is 5.39 Å². The molecular formula is C28H22BrN3O7. The monoisotopic (exact) mass is 591 g/mol. The zero-order chi connectivity index (χ0) is 27.7. The highest BCUT2D eigenvalue weighted by atomic mass is 79.9. The van der Waals surface area contributed by atoms with Crippen LogP contribution in [0.5, 0.6) is 17.2 Å². The van der Waals surface area contributed by atoms with E-state index in [2.05, 4.69) is 21.0 Å². The number of hydrogen-bond acceptors (Lipinski definition) is 8. The lowest BCUT2D eigenvalue weighted by Crippen LogP contribution is -2.23. The Morgan fingerprint density at radius 2 is 1.82 bits per heavy atom. The summed E-state index contributed by atoms with van der Waals surface area (Å²) in [7, 11) is 3.01. The number of aliphatic carboxylic acids is 1. The van der Waals surface area contributed by atoms with Gasteiger partial charge in [0, 0.05) is 10.0 Å². The van der Waals surface area contributed by atoms with Gasteiger partial charge in [-0.2, -0.15) is 9.78 Å².